The summed E-state index contributed by atoms with van der Waals surface area (Å²) >= 11 is 0. The molecule has 1 aromatic rings. The molecule has 0 radical (unpaired) electrons. The standard InChI is InChI=1S/C29H52N.ClH/c1-4-6-7-8-9-10-11-12-13-14-15-16-17-18-19-23-27-30(3,26-5-2)28-29-24-21-20-22-25-29;/h5,20-22,24-25H,2,4,6-19,23,26-28H2,1,3H3;1H/q+1;/p-1. The van der Waals surface area contributed by atoms with E-state index < -0.39 is 0 Å². The Bertz CT molecular complexity index is 501. The van der Waals surface area contributed by atoms with Gasteiger partial charge in [-0.3, -0.25) is 0 Å². The van der Waals surface area contributed by atoms with E-state index in [-0.39, 0.29) is 12.4 Å². The Morgan fingerprint density at radius 1 is 0.677 bits per heavy atom. The second kappa shape index (κ2) is 21.1. The van der Waals surface area contributed by atoms with Crippen LogP contribution in [-0.4, -0.2) is 24.6 Å². The maximum atomic E-state index is 4.00. The number of benzene rings is 1. The van der Waals surface area contributed by atoms with E-state index in [1.54, 1.807) is 0 Å². The van der Waals surface area contributed by atoms with Gasteiger partial charge >= 0.3 is 0 Å². The molecule has 1 unspecified atom stereocenters. The lowest BCUT2D eigenvalue weighted by molar-refractivity contribution is -0.917. The number of likely N-dealkylation sites (N-methyl/N-ethyl adjacent to an activating group) is 1. The lowest BCUT2D eigenvalue weighted by Crippen LogP contribution is -3.00. The van der Waals surface area contributed by atoms with E-state index in [2.05, 4.69) is 57.0 Å². The third kappa shape index (κ3) is 17.4. The Labute approximate surface area is 201 Å². The summed E-state index contributed by atoms with van der Waals surface area (Å²) in [7, 11) is 2.39. The zero-order valence-electron chi connectivity index (χ0n) is 20.9. The molecule has 0 heterocycles. The molecule has 0 aliphatic heterocycles. The second-order valence-electron chi connectivity index (χ2n) is 9.76. The van der Waals surface area contributed by atoms with Crippen molar-refractivity contribution in [2.45, 2.75) is 116 Å². The van der Waals surface area contributed by atoms with E-state index >= 15 is 0 Å². The molecule has 0 aromatic heterocycles. The molecule has 2 heteroatoms. The molecule has 0 bridgehead atoms. The zero-order chi connectivity index (χ0) is 21.8. The minimum absolute atomic E-state index is 0. The van der Waals surface area contributed by atoms with Gasteiger partial charge in [0.2, 0.25) is 0 Å². The summed E-state index contributed by atoms with van der Waals surface area (Å²) in [6.07, 6.45) is 25.1. The molecule has 0 N–H and O–H groups in total. The van der Waals surface area contributed by atoms with Crippen molar-refractivity contribution in [1.29, 1.82) is 0 Å². The van der Waals surface area contributed by atoms with Crippen LogP contribution < -0.4 is 12.4 Å². The minimum atomic E-state index is 0. The van der Waals surface area contributed by atoms with Gasteiger partial charge in [0.25, 0.3) is 0 Å². The molecule has 1 aromatic carbocycles. The Balaban J connectivity index is 0.00000900. The molecule has 0 aliphatic carbocycles. The van der Waals surface area contributed by atoms with Gasteiger partial charge in [0.15, 0.2) is 0 Å². The first-order valence-electron chi connectivity index (χ1n) is 13.2. The average Bonchev–Trinajstić information content (AvgIpc) is 2.74. The molecule has 0 saturated carbocycles. The topological polar surface area (TPSA) is 0 Å². The van der Waals surface area contributed by atoms with E-state index in [1.807, 2.05) is 0 Å². The van der Waals surface area contributed by atoms with Crippen molar-refractivity contribution < 1.29 is 16.9 Å². The molecular formula is C29H52ClN. The minimum Gasteiger partial charge on any atom is -1.00 e. The van der Waals surface area contributed by atoms with Crippen LogP contribution in [0.15, 0.2) is 43.0 Å². The monoisotopic (exact) mass is 449 g/mol. The van der Waals surface area contributed by atoms with Crippen LogP contribution in [0.3, 0.4) is 0 Å². The third-order valence-electron chi connectivity index (χ3n) is 6.53. The SMILES string of the molecule is C=CC[N+](C)(CCCCCCCCCCCCCCCCCC)Cc1ccccc1.[Cl-]. The largest absolute Gasteiger partial charge is 1.00 e. The Kier molecular flexibility index (Phi) is 20.5. The molecule has 180 valence electrons. The summed E-state index contributed by atoms with van der Waals surface area (Å²) in [5.74, 6) is 0. The normalized spacial score (nSPS) is 12.8. The van der Waals surface area contributed by atoms with E-state index in [4.69, 9.17) is 0 Å². The number of quaternary nitrogens is 1. The van der Waals surface area contributed by atoms with Crippen LogP contribution in [0.5, 0.6) is 0 Å². The van der Waals surface area contributed by atoms with Crippen molar-refractivity contribution in [3.63, 3.8) is 0 Å². The lowest BCUT2D eigenvalue weighted by atomic mass is 10.0. The number of nitrogens with zero attached hydrogens (tertiary/aromatic N) is 1. The predicted molar refractivity (Wildman–Crippen MR) is 136 cm³/mol. The number of hydrogen-bond donors (Lipinski definition) is 0. The van der Waals surface area contributed by atoms with Crippen LogP contribution in [-0.2, 0) is 6.54 Å². The van der Waals surface area contributed by atoms with Crippen molar-refractivity contribution in [3.05, 3.63) is 48.6 Å². The second-order valence-corrected chi connectivity index (χ2v) is 9.76. The van der Waals surface area contributed by atoms with E-state index in [9.17, 15) is 0 Å². The van der Waals surface area contributed by atoms with Gasteiger partial charge in [-0.1, -0.05) is 134 Å². The summed E-state index contributed by atoms with van der Waals surface area (Å²) < 4.78 is 1.09. The Morgan fingerprint density at radius 3 is 1.52 bits per heavy atom. The fourth-order valence-electron chi connectivity index (χ4n) is 4.61. The highest BCUT2D eigenvalue weighted by Gasteiger charge is 2.19. The molecule has 0 spiro atoms. The van der Waals surface area contributed by atoms with Gasteiger partial charge in [-0.2, -0.15) is 0 Å². The number of rotatable bonds is 21. The van der Waals surface area contributed by atoms with E-state index in [0.29, 0.717) is 0 Å². The maximum absolute atomic E-state index is 4.00. The fraction of sp³-hybridized carbons (Fsp3) is 0.724. The third-order valence-corrected chi connectivity index (χ3v) is 6.53. The molecule has 1 rings (SSSR count). The van der Waals surface area contributed by atoms with E-state index in [1.165, 1.54) is 115 Å². The fourth-order valence-corrected chi connectivity index (χ4v) is 4.61. The summed E-state index contributed by atoms with van der Waals surface area (Å²) in [6.45, 7) is 9.74. The predicted octanol–water partition coefficient (Wildman–Crippen LogP) is 6.08. The van der Waals surface area contributed by atoms with Crippen molar-refractivity contribution in [1.82, 2.24) is 0 Å². The first-order valence-corrected chi connectivity index (χ1v) is 13.2. The first kappa shape index (κ1) is 30.2. The molecule has 0 amide bonds. The van der Waals surface area contributed by atoms with Gasteiger partial charge in [-0.05, 0) is 18.9 Å². The Hall–Kier alpha value is -0.790. The molecule has 0 aliphatic rings. The first-order chi connectivity index (χ1) is 14.7. The van der Waals surface area contributed by atoms with Crippen LogP contribution in [0.4, 0.5) is 0 Å². The van der Waals surface area contributed by atoms with Gasteiger partial charge in [0, 0.05) is 5.56 Å². The molecule has 1 atom stereocenters. The van der Waals surface area contributed by atoms with Crippen molar-refractivity contribution in [2.75, 3.05) is 20.1 Å². The van der Waals surface area contributed by atoms with Crippen molar-refractivity contribution >= 4 is 0 Å². The molecule has 1 nitrogen and oxygen atoms in total. The van der Waals surface area contributed by atoms with Crippen LogP contribution in [0.2, 0.25) is 0 Å². The van der Waals surface area contributed by atoms with Gasteiger partial charge in [-0.15, -0.1) is 0 Å². The van der Waals surface area contributed by atoms with Gasteiger partial charge < -0.3 is 16.9 Å². The number of hydrogen-bond acceptors (Lipinski definition) is 0. The molecule has 0 saturated heterocycles. The van der Waals surface area contributed by atoms with Crippen LogP contribution >= 0.6 is 0 Å². The Morgan fingerprint density at radius 2 is 1.10 bits per heavy atom. The zero-order valence-corrected chi connectivity index (χ0v) is 21.7. The van der Waals surface area contributed by atoms with Gasteiger partial charge in [-0.25, -0.2) is 0 Å². The average molecular weight is 450 g/mol. The lowest BCUT2D eigenvalue weighted by Gasteiger charge is -2.34. The van der Waals surface area contributed by atoms with Gasteiger partial charge in [0.05, 0.1) is 20.1 Å². The van der Waals surface area contributed by atoms with Gasteiger partial charge in [0.1, 0.15) is 6.54 Å². The molecular weight excluding hydrogens is 398 g/mol. The highest BCUT2D eigenvalue weighted by Crippen LogP contribution is 2.16. The van der Waals surface area contributed by atoms with E-state index in [0.717, 1.165) is 17.6 Å². The molecule has 0 fully saturated rings. The van der Waals surface area contributed by atoms with Crippen LogP contribution in [0.1, 0.15) is 115 Å². The quantitative estimate of drug-likeness (QED) is 0.121. The maximum Gasteiger partial charge on any atom is 0.104 e. The number of unbranched alkanes of at least 4 members (excludes halogenated alkanes) is 15. The smallest absolute Gasteiger partial charge is 0.104 e. The number of halogens is 1. The summed E-state index contributed by atoms with van der Waals surface area (Å²) in [4.78, 5) is 0. The highest BCUT2D eigenvalue weighted by molar-refractivity contribution is 5.13. The van der Waals surface area contributed by atoms with Crippen molar-refractivity contribution in [3.8, 4) is 0 Å². The summed E-state index contributed by atoms with van der Waals surface area (Å²) in [5, 5.41) is 0. The highest BCUT2D eigenvalue weighted by atomic mass is 35.5. The van der Waals surface area contributed by atoms with Crippen molar-refractivity contribution in [2.24, 2.45) is 0 Å². The summed E-state index contributed by atoms with van der Waals surface area (Å²) in [5.41, 5.74) is 1.44. The molecule has 31 heavy (non-hydrogen) atoms. The van der Waals surface area contributed by atoms with Crippen LogP contribution in [0, 0.1) is 0 Å². The summed E-state index contributed by atoms with van der Waals surface area (Å²) in [6, 6.07) is 10.9. The van der Waals surface area contributed by atoms with Crippen LogP contribution in [0.25, 0.3) is 0 Å².